The van der Waals surface area contributed by atoms with Gasteiger partial charge in [-0.15, -0.1) is 0 Å². The van der Waals surface area contributed by atoms with Gasteiger partial charge in [0.25, 0.3) is 0 Å². The fourth-order valence-electron chi connectivity index (χ4n) is 0.425. The van der Waals surface area contributed by atoms with E-state index in [2.05, 4.69) is 4.74 Å². The van der Waals surface area contributed by atoms with Crippen molar-refractivity contribution in [2.75, 3.05) is 7.11 Å². The molecule has 0 aromatic rings. The standard InChI is InChI=1S/C8H11FO/c1-3-5-8(9)6-4-7-10-2/h3-7H,1-2H3/b5-3-,7-4+,8-6+. The number of ether oxygens (including phenoxy) is 1. The Bertz CT molecular complexity index is 157. The van der Waals surface area contributed by atoms with E-state index in [1.807, 2.05) is 0 Å². The van der Waals surface area contributed by atoms with Crippen LogP contribution in [0.5, 0.6) is 0 Å². The number of hydrogen-bond acceptors (Lipinski definition) is 1. The minimum atomic E-state index is -0.282. The molecule has 0 aromatic heterocycles. The van der Waals surface area contributed by atoms with E-state index in [0.29, 0.717) is 0 Å². The molecule has 0 N–H and O–H groups in total. The van der Waals surface area contributed by atoms with E-state index in [9.17, 15) is 4.39 Å². The van der Waals surface area contributed by atoms with Gasteiger partial charge in [0.15, 0.2) is 0 Å². The summed E-state index contributed by atoms with van der Waals surface area (Å²) in [7, 11) is 1.51. The number of halogens is 1. The van der Waals surface area contributed by atoms with E-state index in [4.69, 9.17) is 0 Å². The van der Waals surface area contributed by atoms with Crippen molar-refractivity contribution in [2.24, 2.45) is 0 Å². The maximum absolute atomic E-state index is 12.4. The van der Waals surface area contributed by atoms with Gasteiger partial charge in [0.2, 0.25) is 0 Å². The summed E-state index contributed by atoms with van der Waals surface area (Å²) in [5.41, 5.74) is 0. The van der Waals surface area contributed by atoms with Gasteiger partial charge in [0.05, 0.1) is 13.4 Å². The molecule has 0 bridgehead atoms. The minimum absolute atomic E-state index is 0.282. The van der Waals surface area contributed by atoms with Crippen LogP contribution in [0.1, 0.15) is 6.92 Å². The Kier molecular flexibility index (Phi) is 5.44. The lowest BCUT2D eigenvalue weighted by Crippen LogP contribution is -1.64. The lowest BCUT2D eigenvalue weighted by atomic mass is 10.4. The molecule has 0 aromatic carbocycles. The molecule has 0 aliphatic rings. The predicted molar refractivity (Wildman–Crippen MR) is 40.2 cm³/mol. The summed E-state index contributed by atoms with van der Waals surface area (Å²) >= 11 is 0. The third-order valence-corrected chi connectivity index (χ3v) is 0.796. The average molecular weight is 142 g/mol. The summed E-state index contributed by atoms with van der Waals surface area (Å²) in [4.78, 5) is 0. The van der Waals surface area contributed by atoms with Crippen molar-refractivity contribution in [3.05, 3.63) is 36.4 Å². The van der Waals surface area contributed by atoms with Gasteiger partial charge in [-0.05, 0) is 25.2 Å². The lowest BCUT2D eigenvalue weighted by Gasteiger charge is -1.82. The molecule has 0 fully saturated rings. The number of methoxy groups -OCH3 is 1. The van der Waals surface area contributed by atoms with Gasteiger partial charge in [-0.1, -0.05) is 6.08 Å². The molecule has 0 heterocycles. The Morgan fingerprint density at radius 2 is 2.20 bits per heavy atom. The Morgan fingerprint density at radius 1 is 1.50 bits per heavy atom. The first-order valence-electron chi connectivity index (χ1n) is 2.99. The maximum atomic E-state index is 12.4. The first-order valence-corrected chi connectivity index (χ1v) is 2.99. The van der Waals surface area contributed by atoms with Crippen LogP contribution in [0.3, 0.4) is 0 Å². The van der Waals surface area contributed by atoms with E-state index in [0.717, 1.165) is 0 Å². The molecular formula is C8H11FO. The van der Waals surface area contributed by atoms with E-state index >= 15 is 0 Å². The van der Waals surface area contributed by atoms with Crippen LogP contribution in [0, 0.1) is 0 Å². The maximum Gasteiger partial charge on any atom is 0.122 e. The zero-order chi connectivity index (χ0) is 7.82. The smallest absolute Gasteiger partial charge is 0.122 e. The quantitative estimate of drug-likeness (QED) is 0.434. The summed E-state index contributed by atoms with van der Waals surface area (Å²) in [6, 6.07) is 0. The summed E-state index contributed by atoms with van der Waals surface area (Å²) in [6.07, 6.45) is 7.23. The molecule has 10 heavy (non-hydrogen) atoms. The third-order valence-electron chi connectivity index (χ3n) is 0.796. The van der Waals surface area contributed by atoms with Crippen molar-refractivity contribution in [3.63, 3.8) is 0 Å². The molecule has 0 rings (SSSR count). The summed E-state index contributed by atoms with van der Waals surface area (Å²) < 4.78 is 16.9. The van der Waals surface area contributed by atoms with Crippen LogP contribution >= 0.6 is 0 Å². The fourth-order valence-corrected chi connectivity index (χ4v) is 0.425. The SMILES string of the molecule is C\C=C/C(F)=C\C=C\OC. The van der Waals surface area contributed by atoms with Crippen LogP contribution in [0.2, 0.25) is 0 Å². The molecule has 0 amide bonds. The van der Waals surface area contributed by atoms with Gasteiger partial charge in [0, 0.05) is 0 Å². The molecule has 0 aliphatic carbocycles. The van der Waals surface area contributed by atoms with Crippen molar-refractivity contribution in [3.8, 4) is 0 Å². The van der Waals surface area contributed by atoms with Gasteiger partial charge in [-0.3, -0.25) is 0 Å². The Morgan fingerprint density at radius 3 is 2.70 bits per heavy atom. The molecular weight excluding hydrogens is 131 g/mol. The van der Waals surface area contributed by atoms with Gasteiger partial charge in [-0.2, -0.15) is 0 Å². The van der Waals surface area contributed by atoms with E-state index in [-0.39, 0.29) is 5.83 Å². The van der Waals surface area contributed by atoms with Crippen molar-refractivity contribution < 1.29 is 9.13 Å². The van der Waals surface area contributed by atoms with Crippen LogP contribution in [-0.4, -0.2) is 7.11 Å². The zero-order valence-corrected chi connectivity index (χ0v) is 6.17. The van der Waals surface area contributed by atoms with Crippen molar-refractivity contribution in [1.29, 1.82) is 0 Å². The average Bonchev–Trinajstić information content (AvgIpc) is 1.89. The van der Waals surface area contributed by atoms with Crippen molar-refractivity contribution >= 4 is 0 Å². The molecule has 0 spiro atoms. The van der Waals surface area contributed by atoms with Crippen LogP contribution in [0.25, 0.3) is 0 Å². The van der Waals surface area contributed by atoms with Crippen LogP contribution in [0.15, 0.2) is 36.4 Å². The second-order valence-corrected chi connectivity index (χ2v) is 1.62. The van der Waals surface area contributed by atoms with E-state index in [1.54, 1.807) is 13.0 Å². The molecule has 0 atom stereocenters. The molecule has 56 valence electrons. The zero-order valence-electron chi connectivity index (χ0n) is 6.17. The van der Waals surface area contributed by atoms with Crippen LogP contribution in [0.4, 0.5) is 4.39 Å². The molecule has 1 nitrogen and oxygen atoms in total. The lowest BCUT2D eigenvalue weighted by molar-refractivity contribution is 0.338. The number of allylic oxidation sites excluding steroid dienone is 5. The van der Waals surface area contributed by atoms with Crippen LogP contribution < -0.4 is 0 Å². The van der Waals surface area contributed by atoms with Crippen LogP contribution in [-0.2, 0) is 4.74 Å². The first kappa shape index (κ1) is 8.95. The fraction of sp³-hybridized carbons (Fsp3) is 0.250. The Labute approximate surface area is 60.5 Å². The highest BCUT2D eigenvalue weighted by atomic mass is 19.1. The molecule has 0 radical (unpaired) electrons. The monoisotopic (exact) mass is 142 g/mol. The number of hydrogen-bond donors (Lipinski definition) is 0. The second-order valence-electron chi connectivity index (χ2n) is 1.62. The van der Waals surface area contributed by atoms with Gasteiger partial charge in [-0.25, -0.2) is 4.39 Å². The van der Waals surface area contributed by atoms with Gasteiger partial charge < -0.3 is 4.74 Å². The molecule has 0 unspecified atom stereocenters. The van der Waals surface area contributed by atoms with Gasteiger partial charge >= 0.3 is 0 Å². The Hall–Kier alpha value is -1.05. The molecule has 0 saturated heterocycles. The first-order chi connectivity index (χ1) is 4.81. The Balaban J connectivity index is 3.79. The predicted octanol–water partition coefficient (Wildman–Crippen LogP) is 2.58. The van der Waals surface area contributed by atoms with Gasteiger partial charge in [0.1, 0.15) is 5.83 Å². The highest BCUT2D eigenvalue weighted by Crippen LogP contribution is 1.97. The highest BCUT2D eigenvalue weighted by Gasteiger charge is 1.79. The summed E-state index contributed by atoms with van der Waals surface area (Å²) in [6.45, 7) is 1.76. The van der Waals surface area contributed by atoms with Crippen molar-refractivity contribution in [1.82, 2.24) is 0 Å². The van der Waals surface area contributed by atoms with Crippen molar-refractivity contribution in [2.45, 2.75) is 6.92 Å². The van der Waals surface area contributed by atoms with E-state index in [1.165, 1.54) is 31.6 Å². The third kappa shape index (κ3) is 5.09. The molecule has 0 saturated carbocycles. The second kappa shape index (κ2) is 6.08. The highest BCUT2D eigenvalue weighted by molar-refractivity contribution is 5.16. The molecule has 0 aliphatic heterocycles. The number of rotatable bonds is 3. The normalized spacial score (nSPS) is 13.3. The topological polar surface area (TPSA) is 9.23 Å². The summed E-state index contributed by atoms with van der Waals surface area (Å²) in [5.74, 6) is -0.282. The molecule has 2 heteroatoms. The summed E-state index contributed by atoms with van der Waals surface area (Å²) in [5, 5.41) is 0. The largest absolute Gasteiger partial charge is 0.504 e. The minimum Gasteiger partial charge on any atom is -0.504 e. The van der Waals surface area contributed by atoms with E-state index < -0.39 is 0 Å².